The highest BCUT2D eigenvalue weighted by Gasteiger charge is 2.21. The summed E-state index contributed by atoms with van der Waals surface area (Å²) in [5.41, 5.74) is 0. The molecule has 0 spiro atoms. The van der Waals surface area contributed by atoms with E-state index in [0.29, 0.717) is 11.3 Å². The predicted molar refractivity (Wildman–Crippen MR) is 61.1 cm³/mol. The van der Waals surface area contributed by atoms with Gasteiger partial charge in [-0.15, -0.1) is 16.4 Å². The second-order valence-electron chi connectivity index (χ2n) is 3.16. The summed E-state index contributed by atoms with van der Waals surface area (Å²) in [7, 11) is -3.90. The first-order valence-electron chi connectivity index (χ1n) is 4.54. The number of rotatable bonds is 4. The zero-order valence-electron chi connectivity index (χ0n) is 8.95. The highest BCUT2D eigenvalue weighted by Crippen LogP contribution is 2.23. The van der Waals surface area contributed by atoms with Crippen molar-refractivity contribution in [3.05, 3.63) is 22.9 Å². The van der Waals surface area contributed by atoms with Crippen LogP contribution in [0.25, 0.3) is 0 Å². The van der Waals surface area contributed by atoms with Crippen molar-refractivity contribution < 1.29 is 22.7 Å². The first-order valence-corrected chi connectivity index (χ1v) is 6.84. The van der Waals surface area contributed by atoms with Gasteiger partial charge in [-0.25, -0.2) is 17.9 Å². The maximum atomic E-state index is 11.8. The van der Waals surface area contributed by atoms with Gasteiger partial charge in [0.05, 0.1) is 0 Å². The van der Waals surface area contributed by atoms with E-state index in [0.717, 1.165) is 0 Å². The lowest BCUT2D eigenvalue weighted by Crippen LogP contribution is -2.11. The number of hydrogen-bond acceptors (Lipinski definition) is 7. The molecule has 0 aliphatic carbocycles. The molecule has 0 amide bonds. The number of thiophene rings is 1. The minimum atomic E-state index is -3.90. The number of aryl methyl sites for hydroxylation is 1. The van der Waals surface area contributed by atoms with Gasteiger partial charge in [-0.2, -0.15) is 0 Å². The molecule has 0 aliphatic rings. The third-order valence-electron chi connectivity index (χ3n) is 1.80. The van der Waals surface area contributed by atoms with E-state index < -0.39 is 16.0 Å². The summed E-state index contributed by atoms with van der Waals surface area (Å²) >= 11 is 0.634. The number of carbonyl (C=O) groups is 1. The monoisotopic (exact) mass is 289 g/mol. The third-order valence-corrected chi connectivity index (χ3v) is 4.69. The highest BCUT2D eigenvalue weighted by atomic mass is 32.2. The molecule has 2 aromatic heterocycles. The molecule has 0 saturated carbocycles. The molecular weight excluding hydrogens is 282 g/mol. The standard InChI is InChI=1S/C8H7N3O5S2/c1-4-9-10-8(16-4)11-18(14,15)6-3-2-5(17-6)7(12)13/h2-3H,1H3,(H,10,11)(H,12,13). The van der Waals surface area contributed by atoms with Gasteiger partial charge in [0.25, 0.3) is 10.0 Å². The normalized spacial score (nSPS) is 11.4. The minimum Gasteiger partial charge on any atom is -0.477 e. The van der Waals surface area contributed by atoms with Gasteiger partial charge in [0.1, 0.15) is 9.09 Å². The van der Waals surface area contributed by atoms with Crippen LogP contribution in [0.2, 0.25) is 0 Å². The summed E-state index contributed by atoms with van der Waals surface area (Å²) in [5.74, 6) is -0.972. The zero-order valence-corrected chi connectivity index (χ0v) is 10.6. The zero-order chi connectivity index (χ0) is 13.3. The maximum Gasteiger partial charge on any atom is 0.345 e. The summed E-state index contributed by atoms with van der Waals surface area (Å²) in [6.45, 7) is 1.51. The molecule has 0 aliphatic heterocycles. The molecule has 0 bridgehead atoms. The van der Waals surface area contributed by atoms with E-state index in [-0.39, 0.29) is 21.0 Å². The molecule has 2 N–H and O–H groups in total. The number of aromatic carboxylic acids is 1. The SMILES string of the molecule is Cc1nnc(NS(=O)(=O)c2ccc(C(=O)O)s2)o1. The molecular formula is C8H7N3O5S2. The Kier molecular flexibility index (Phi) is 3.05. The Labute approximate surface area is 105 Å². The lowest BCUT2D eigenvalue weighted by Gasteiger charge is -1.99. The van der Waals surface area contributed by atoms with Gasteiger partial charge in [-0.05, 0) is 12.1 Å². The molecule has 0 saturated heterocycles. The number of nitrogens with zero attached hydrogens (tertiary/aromatic N) is 2. The summed E-state index contributed by atoms with van der Waals surface area (Å²) in [4.78, 5) is 10.6. The fraction of sp³-hybridized carbons (Fsp3) is 0.125. The van der Waals surface area contributed by atoms with Gasteiger partial charge in [0.2, 0.25) is 5.89 Å². The van der Waals surface area contributed by atoms with E-state index in [1.54, 1.807) is 0 Å². The molecule has 96 valence electrons. The van der Waals surface area contributed by atoms with Gasteiger partial charge in [0.15, 0.2) is 0 Å². The predicted octanol–water partition coefficient (Wildman–Crippen LogP) is 0.939. The number of carboxylic acids is 1. The molecule has 2 heterocycles. The largest absolute Gasteiger partial charge is 0.477 e. The molecule has 0 aromatic carbocycles. The van der Waals surface area contributed by atoms with Crippen molar-refractivity contribution >= 4 is 33.3 Å². The van der Waals surface area contributed by atoms with E-state index in [1.165, 1.54) is 19.1 Å². The molecule has 0 unspecified atom stereocenters. The Bertz CT molecular complexity index is 687. The van der Waals surface area contributed by atoms with Crippen molar-refractivity contribution in [3.63, 3.8) is 0 Å². The van der Waals surface area contributed by atoms with Crippen molar-refractivity contribution in [1.82, 2.24) is 10.2 Å². The van der Waals surface area contributed by atoms with Crippen molar-refractivity contribution in [3.8, 4) is 0 Å². The molecule has 8 nitrogen and oxygen atoms in total. The van der Waals surface area contributed by atoms with Crippen LogP contribution in [0.3, 0.4) is 0 Å². The lowest BCUT2D eigenvalue weighted by molar-refractivity contribution is 0.0702. The Morgan fingerprint density at radius 1 is 1.44 bits per heavy atom. The average Bonchev–Trinajstić information content (AvgIpc) is 2.86. The summed E-state index contributed by atoms with van der Waals surface area (Å²) in [6.07, 6.45) is 0. The van der Waals surface area contributed by atoms with Crippen LogP contribution < -0.4 is 4.72 Å². The molecule has 2 aromatic rings. The molecule has 2 rings (SSSR count). The van der Waals surface area contributed by atoms with E-state index in [9.17, 15) is 13.2 Å². The van der Waals surface area contributed by atoms with E-state index in [4.69, 9.17) is 9.52 Å². The number of nitrogens with one attached hydrogen (secondary N) is 1. The number of sulfonamides is 1. The van der Waals surface area contributed by atoms with Crippen LogP contribution in [-0.2, 0) is 10.0 Å². The molecule has 0 atom stereocenters. The summed E-state index contributed by atoms with van der Waals surface area (Å²) in [5, 5.41) is 15.7. The third kappa shape index (κ3) is 2.49. The van der Waals surface area contributed by atoms with Crippen LogP contribution in [0.1, 0.15) is 15.6 Å². The fourth-order valence-corrected chi connectivity index (χ4v) is 3.15. The average molecular weight is 289 g/mol. The topological polar surface area (TPSA) is 122 Å². The van der Waals surface area contributed by atoms with Gasteiger partial charge >= 0.3 is 12.0 Å². The summed E-state index contributed by atoms with van der Waals surface area (Å²) in [6, 6.07) is 2.14. The summed E-state index contributed by atoms with van der Waals surface area (Å²) < 4.78 is 30.4. The smallest absolute Gasteiger partial charge is 0.345 e. The lowest BCUT2D eigenvalue weighted by atomic mass is 10.5. The van der Waals surface area contributed by atoms with Gasteiger partial charge in [0, 0.05) is 6.92 Å². The first kappa shape index (κ1) is 12.5. The van der Waals surface area contributed by atoms with Crippen LogP contribution >= 0.6 is 11.3 Å². The Morgan fingerprint density at radius 3 is 2.67 bits per heavy atom. The molecule has 10 heteroatoms. The molecule has 0 radical (unpaired) electrons. The highest BCUT2D eigenvalue weighted by molar-refractivity contribution is 7.94. The number of hydrogen-bond donors (Lipinski definition) is 2. The van der Waals surface area contributed by atoms with Crippen molar-refractivity contribution in [1.29, 1.82) is 0 Å². The van der Waals surface area contributed by atoms with Crippen molar-refractivity contribution in [2.24, 2.45) is 0 Å². The number of aromatic nitrogens is 2. The van der Waals surface area contributed by atoms with Crippen LogP contribution in [0.5, 0.6) is 0 Å². The van der Waals surface area contributed by atoms with Crippen LogP contribution in [0.15, 0.2) is 20.8 Å². The minimum absolute atomic E-state index is 0.0721. The second kappa shape index (κ2) is 4.38. The van der Waals surface area contributed by atoms with Crippen molar-refractivity contribution in [2.75, 3.05) is 4.72 Å². The Morgan fingerprint density at radius 2 is 2.17 bits per heavy atom. The van der Waals surface area contributed by atoms with E-state index in [1.807, 2.05) is 0 Å². The van der Waals surface area contributed by atoms with Gasteiger partial charge in [-0.1, -0.05) is 5.10 Å². The van der Waals surface area contributed by atoms with Crippen LogP contribution in [-0.4, -0.2) is 29.7 Å². The van der Waals surface area contributed by atoms with Gasteiger partial charge in [-0.3, -0.25) is 0 Å². The fourth-order valence-electron chi connectivity index (χ4n) is 1.08. The maximum absolute atomic E-state index is 11.8. The molecule has 0 fully saturated rings. The van der Waals surface area contributed by atoms with Gasteiger partial charge < -0.3 is 9.52 Å². The number of carboxylic acid groups (broad SMARTS) is 1. The van der Waals surface area contributed by atoms with Crippen LogP contribution in [0.4, 0.5) is 6.01 Å². The first-order chi connectivity index (χ1) is 8.38. The Balaban J connectivity index is 2.27. The quantitative estimate of drug-likeness (QED) is 0.858. The van der Waals surface area contributed by atoms with E-state index >= 15 is 0 Å². The van der Waals surface area contributed by atoms with Crippen molar-refractivity contribution in [2.45, 2.75) is 11.1 Å². The number of anilines is 1. The van der Waals surface area contributed by atoms with E-state index in [2.05, 4.69) is 14.9 Å². The second-order valence-corrected chi connectivity index (χ2v) is 6.15. The Hall–Kier alpha value is -1.94. The van der Waals surface area contributed by atoms with Crippen LogP contribution in [0, 0.1) is 6.92 Å². The molecule has 18 heavy (non-hydrogen) atoms.